The van der Waals surface area contributed by atoms with Crippen molar-refractivity contribution in [2.75, 3.05) is 11.9 Å². The Labute approximate surface area is 126 Å². The third kappa shape index (κ3) is 3.32. The minimum absolute atomic E-state index is 0.0634. The van der Waals surface area contributed by atoms with E-state index >= 15 is 0 Å². The lowest BCUT2D eigenvalue weighted by Gasteiger charge is -2.08. The molecule has 5 nitrogen and oxygen atoms in total. The fourth-order valence-electron chi connectivity index (χ4n) is 1.88. The van der Waals surface area contributed by atoms with E-state index in [9.17, 15) is 4.79 Å². The monoisotopic (exact) mass is 301 g/mol. The predicted octanol–water partition coefficient (Wildman–Crippen LogP) is 3.01. The molecule has 1 N–H and O–H groups in total. The number of fused-ring (bicyclic) bond motifs is 1. The summed E-state index contributed by atoms with van der Waals surface area (Å²) in [6, 6.07) is 12.3. The summed E-state index contributed by atoms with van der Waals surface area (Å²) in [6.07, 6.45) is 3.48. The summed E-state index contributed by atoms with van der Waals surface area (Å²) in [4.78, 5) is 11.8. The highest BCUT2D eigenvalue weighted by Crippen LogP contribution is 2.16. The second-order valence-electron chi connectivity index (χ2n) is 4.41. The minimum Gasteiger partial charge on any atom is -0.484 e. The van der Waals surface area contributed by atoms with E-state index in [1.165, 1.54) is 0 Å². The molecule has 6 heteroatoms. The molecule has 2 aromatic heterocycles. The third-order valence-electron chi connectivity index (χ3n) is 2.87. The van der Waals surface area contributed by atoms with Crippen LogP contribution in [-0.4, -0.2) is 22.1 Å². The molecule has 1 aromatic carbocycles. The maximum Gasteiger partial charge on any atom is 0.262 e. The van der Waals surface area contributed by atoms with E-state index in [1.807, 2.05) is 12.1 Å². The van der Waals surface area contributed by atoms with E-state index in [2.05, 4.69) is 10.4 Å². The van der Waals surface area contributed by atoms with Gasteiger partial charge in [0.25, 0.3) is 5.91 Å². The molecular formula is C15H12ClN3O2. The van der Waals surface area contributed by atoms with Crippen LogP contribution in [0.5, 0.6) is 5.75 Å². The Morgan fingerprint density at radius 1 is 1.24 bits per heavy atom. The van der Waals surface area contributed by atoms with Crippen molar-refractivity contribution in [1.29, 1.82) is 0 Å². The van der Waals surface area contributed by atoms with E-state index in [0.717, 1.165) is 5.52 Å². The number of carbonyl (C=O) groups is 1. The van der Waals surface area contributed by atoms with E-state index < -0.39 is 0 Å². The van der Waals surface area contributed by atoms with Crippen LogP contribution >= 0.6 is 11.6 Å². The van der Waals surface area contributed by atoms with Gasteiger partial charge in [0.15, 0.2) is 6.61 Å². The van der Waals surface area contributed by atoms with Crippen molar-refractivity contribution in [2.45, 2.75) is 0 Å². The number of halogens is 1. The number of hydrogen-bond donors (Lipinski definition) is 1. The maximum atomic E-state index is 11.8. The van der Waals surface area contributed by atoms with E-state index in [4.69, 9.17) is 16.3 Å². The first-order chi connectivity index (χ1) is 10.2. The second kappa shape index (κ2) is 5.85. The van der Waals surface area contributed by atoms with E-state index in [1.54, 1.807) is 47.2 Å². The molecule has 2 heterocycles. The zero-order valence-electron chi connectivity index (χ0n) is 11.0. The van der Waals surface area contributed by atoms with Gasteiger partial charge in [0.2, 0.25) is 0 Å². The standard InChI is InChI=1S/C15H12ClN3O2/c16-11-1-3-14(4-2-11)21-10-15(20)18-12-6-8-19-13(9-12)5-7-17-19/h1-9H,10H2,(H,18,20). The van der Waals surface area contributed by atoms with Gasteiger partial charge in [0.1, 0.15) is 5.75 Å². The fourth-order valence-corrected chi connectivity index (χ4v) is 2.00. The quantitative estimate of drug-likeness (QED) is 0.806. The number of hydrogen-bond acceptors (Lipinski definition) is 3. The molecule has 0 radical (unpaired) electrons. The molecule has 0 aliphatic rings. The van der Waals surface area contributed by atoms with Crippen LogP contribution < -0.4 is 10.1 Å². The molecule has 0 atom stereocenters. The van der Waals surface area contributed by atoms with Crippen LogP contribution in [0, 0.1) is 0 Å². The first-order valence-corrected chi connectivity index (χ1v) is 6.70. The van der Waals surface area contributed by atoms with Gasteiger partial charge in [-0.1, -0.05) is 11.6 Å². The second-order valence-corrected chi connectivity index (χ2v) is 4.84. The van der Waals surface area contributed by atoms with Gasteiger partial charge >= 0.3 is 0 Å². The van der Waals surface area contributed by atoms with Gasteiger partial charge in [0, 0.05) is 23.1 Å². The number of rotatable bonds is 4. The normalized spacial score (nSPS) is 10.5. The molecule has 0 unspecified atom stereocenters. The van der Waals surface area contributed by atoms with Crippen molar-refractivity contribution in [2.24, 2.45) is 0 Å². The van der Waals surface area contributed by atoms with Crippen molar-refractivity contribution >= 4 is 28.7 Å². The number of carbonyl (C=O) groups excluding carboxylic acids is 1. The van der Waals surface area contributed by atoms with Gasteiger partial charge in [-0.3, -0.25) is 4.79 Å². The molecule has 3 rings (SSSR count). The van der Waals surface area contributed by atoms with Crippen molar-refractivity contribution in [3.8, 4) is 5.75 Å². The van der Waals surface area contributed by atoms with Crippen molar-refractivity contribution < 1.29 is 9.53 Å². The summed E-state index contributed by atoms with van der Waals surface area (Å²) in [6.45, 7) is -0.0634. The molecule has 0 fully saturated rings. The Bertz CT molecular complexity index is 768. The third-order valence-corrected chi connectivity index (χ3v) is 3.12. The summed E-state index contributed by atoms with van der Waals surface area (Å²) in [7, 11) is 0. The lowest BCUT2D eigenvalue weighted by molar-refractivity contribution is -0.118. The van der Waals surface area contributed by atoms with Crippen LogP contribution in [0.25, 0.3) is 5.52 Å². The lowest BCUT2D eigenvalue weighted by Crippen LogP contribution is -2.20. The Morgan fingerprint density at radius 2 is 2.05 bits per heavy atom. The first kappa shape index (κ1) is 13.5. The molecule has 106 valence electrons. The number of ether oxygens (including phenoxy) is 1. The minimum atomic E-state index is -0.228. The van der Waals surface area contributed by atoms with Crippen LogP contribution in [0.15, 0.2) is 54.9 Å². The highest BCUT2D eigenvalue weighted by molar-refractivity contribution is 6.30. The highest BCUT2D eigenvalue weighted by Gasteiger charge is 2.05. The average molecular weight is 302 g/mol. The predicted molar refractivity (Wildman–Crippen MR) is 80.8 cm³/mol. The maximum absolute atomic E-state index is 11.8. The lowest BCUT2D eigenvalue weighted by atomic mass is 10.3. The van der Waals surface area contributed by atoms with Gasteiger partial charge in [-0.05, 0) is 42.5 Å². The molecule has 0 aliphatic heterocycles. The molecular weight excluding hydrogens is 290 g/mol. The van der Waals surface area contributed by atoms with Gasteiger partial charge < -0.3 is 10.1 Å². The van der Waals surface area contributed by atoms with Gasteiger partial charge in [-0.25, -0.2) is 4.52 Å². The summed E-state index contributed by atoms with van der Waals surface area (Å²) < 4.78 is 7.10. The SMILES string of the molecule is O=C(COc1ccc(Cl)cc1)Nc1ccn2nccc2c1. The summed E-state index contributed by atoms with van der Waals surface area (Å²) in [5.74, 6) is 0.370. The molecule has 0 saturated heterocycles. The Hall–Kier alpha value is -2.53. The molecule has 3 aromatic rings. The number of pyridine rings is 1. The molecule has 0 saturated carbocycles. The number of anilines is 1. The van der Waals surface area contributed by atoms with Crippen LogP contribution in [0.1, 0.15) is 0 Å². The molecule has 1 amide bonds. The first-order valence-electron chi connectivity index (χ1n) is 6.32. The smallest absolute Gasteiger partial charge is 0.262 e. The van der Waals surface area contributed by atoms with Crippen molar-refractivity contribution in [1.82, 2.24) is 9.61 Å². The highest BCUT2D eigenvalue weighted by atomic mass is 35.5. The van der Waals surface area contributed by atoms with E-state index in [-0.39, 0.29) is 12.5 Å². The summed E-state index contributed by atoms with van der Waals surface area (Å²) in [5.41, 5.74) is 1.61. The van der Waals surface area contributed by atoms with Crippen molar-refractivity contribution in [3.05, 3.63) is 59.9 Å². The number of amides is 1. The number of nitrogens with zero attached hydrogens (tertiary/aromatic N) is 2. The zero-order valence-corrected chi connectivity index (χ0v) is 11.7. The van der Waals surface area contributed by atoms with E-state index in [0.29, 0.717) is 16.5 Å². The topological polar surface area (TPSA) is 55.6 Å². The Balaban J connectivity index is 1.59. The number of aromatic nitrogens is 2. The molecule has 0 bridgehead atoms. The largest absolute Gasteiger partial charge is 0.484 e. The number of benzene rings is 1. The van der Waals surface area contributed by atoms with Crippen molar-refractivity contribution in [3.63, 3.8) is 0 Å². The molecule has 0 spiro atoms. The van der Waals surface area contributed by atoms with Gasteiger partial charge in [-0.15, -0.1) is 0 Å². The average Bonchev–Trinajstić information content (AvgIpc) is 2.94. The Kier molecular flexibility index (Phi) is 3.75. The van der Waals surface area contributed by atoms with Crippen LogP contribution in [-0.2, 0) is 4.79 Å². The number of nitrogens with one attached hydrogen (secondary N) is 1. The molecule has 0 aliphatic carbocycles. The molecule has 21 heavy (non-hydrogen) atoms. The van der Waals surface area contributed by atoms with Gasteiger partial charge in [0.05, 0.1) is 5.52 Å². The van der Waals surface area contributed by atoms with Crippen LogP contribution in [0.4, 0.5) is 5.69 Å². The van der Waals surface area contributed by atoms with Crippen LogP contribution in [0.2, 0.25) is 5.02 Å². The fraction of sp³-hybridized carbons (Fsp3) is 0.0667. The Morgan fingerprint density at radius 3 is 2.86 bits per heavy atom. The van der Waals surface area contributed by atoms with Crippen LogP contribution in [0.3, 0.4) is 0 Å². The summed E-state index contributed by atoms with van der Waals surface area (Å²) >= 11 is 5.78. The summed E-state index contributed by atoms with van der Waals surface area (Å²) in [5, 5.41) is 7.49. The van der Waals surface area contributed by atoms with Gasteiger partial charge in [-0.2, -0.15) is 5.10 Å². The zero-order chi connectivity index (χ0) is 14.7.